The summed E-state index contributed by atoms with van der Waals surface area (Å²) in [7, 11) is 3.79. The number of nitrogens with zero attached hydrogens (tertiary/aromatic N) is 1. The molecule has 1 rings (SSSR count). The molecule has 98 valence electrons. The third-order valence-corrected chi connectivity index (χ3v) is 2.68. The highest BCUT2D eigenvalue weighted by molar-refractivity contribution is 5.78. The summed E-state index contributed by atoms with van der Waals surface area (Å²) in [6.07, 6.45) is -0.134. The average Bonchev–Trinajstić information content (AvgIpc) is 2.27. The molecule has 0 radical (unpaired) electrons. The van der Waals surface area contributed by atoms with Crippen molar-refractivity contribution in [2.45, 2.75) is 12.8 Å². The molecular formula is C13H17NO4. The summed E-state index contributed by atoms with van der Waals surface area (Å²) in [5.74, 6) is -3.06. The van der Waals surface area contributed by atoms with Gasteiger partial charge in [-0.05, 0) is 24.1 Å². The number of carboxylic acid groups (broad SMARTS) is 2. The van der Waals surface area contributed by atoms with Crippen molar-refractivity contribution >= 4 is 17.6 Å². The second-order valence-electron chi connectivity index (χ2n) is 4.40. The maximum absolute atomic E-state index is 11.0. The Labute approximate surface area is 106 Å². The first kappa shape index (κ1) is 14.0. The van der Waals surface area contributed by atoms with E-state index in [2.05, 4.69) is 0 Å². The summed E-state index contributed by atoms with van der Waals surface area (Å²) in [5.41, 5.74) is 1.79. The van der Waals surface area contributed by atoms with Crippen molar-refractivity contribution in [3.05, 3.63) is 29.8 Å². The highest BCUT2D eigenvalue weighted by Gasteiger charge is 2.21. The van der Waals surface area contributed by atoms with Crippen molar-refractivity contribution < 1.29 is 19.8 Å². The highest BCUT2D eigenvalue weighted by atomic mass is 16.4. The molecule has 0 saturated carbocycles. The Bertz CT molecular complexity index is 442. The summed E-state index contributed by atoms with van der Waals surface area (Å²) in [5, 5.41) is 17.7. The molecule has 1 unspecified atom stereocenters. The molecule has 1 atom stereocenters. The minimum absolute atomic E-state index is 0.226. The number of anilines is 1. The van der Waals surface area contributed by atoms with Crippen LogP contribution in [0.1, 0.15) is 12.0 Å². The van der Waals surface area contributed by atoms with E-state index in [9.17, 15) is 9.59 Å². The van der Waals surface area contributed by atoms with E-state index in [4.69, 9.17) is 10.2 Å². The lowest BCUT2D eigenvalue weighted by Crippen LogP contribution is -2.20. The van der Waals surface area contributed by atoms with Crippen LogP contribution in [-0.4, -0.2) is 36.2 Å². The first-order valence-corrected chi connectivity index (χ1v) is 5.61. The topological polar surface area (TPSA) is 77.8 Å². The number of aliphatic carboxylic acids is 2. The average molecular weight is 251 g/mol. The van der Waals surface area contributed by atoms with Crippen molar-refractivity contribution in [3.63, 3.8) is 0 Å². The summed E-state index contributed by atoms with van der Waals surface area (Å²) in [6, 6.07) is 7.43. The molecule has 0 amide bonds. The van der Waals surface area contributed by atoms with Crippen LogP contribution in [0, 0.1) is 5.92 Å². The Balaban J connectivity index is 2.83. The second kappa shape index (κ2) is 6.05. The zero-order valence-corrected chi connectivity index (χ0v) is 10.5. The molecular weight excluding hydrogens is 234 g/mol. The molecule has 0 aliphatic rings. The van der Waals surface area contributed by atoms with Crippen LogP contribution in [0.4, 0.5) is 5.69 Å². The second-order valence-corrected chi connectivity index (χ2v) is 4.40. The van der Waals surface area contributed by atoms with E-state index in [1.807, 2.05) is 43.3 Å². The maximum Gasteiger partial charge on any atom is 0.307 e. The predicted molar refractivity (Wildman–Crippen MR) is 67.9 cm³/mol. The Morgan fingerprint density at radius 1 is 1.28 bits per heavy atom. The van der Waals surface area contributed by atoms with Crippen LogP contribution in [0.15, 0.2) is 24.3 Å². The van der Waals surface area contributed by atoms with Gasteiger partial charge in [0, 0.05) is 19.8 Å². The molecule has 18 heavy (non-hydrogen) atoms. The number of carboxylic acids is 2. The zero-order chi connectivity index (χ0) is 13.7. The lowest BCUT2D eigenvalue weighted by atomic mass is 9.96. The smallest absolute Gasteiger partial charge is 0.307 e. The van der Waals surface area contributed by atoms with Crippen molar-refractivity contribution in [1.82, 2.24) is 0 Å². The van der Waals surface area contributed by atoms with Gasteiger partial charge in [-0.15, -0.1) is 0 Å². The van der Waals surface area contributed by atoms with Crippen LogP contribution in [0.3, 0.4) is 0 Å². The molecule has 0 spiro atoms. The monoisotopic (exact) mass is 251 g/mol. The van der Waals surface area contributed by atoms with Crippen molar-refractivity contribution in [3.8, 4) is 0 Å². The summed E-state index contributed by atoms with van der Waals surface area (Å²) < 4.78 is 0. The zero-order valence-electron chi connectivity index (χ0n) is 10.5. The Hall–Kier alpha value is -2.04. The van der Waals surface area contributed by atoms with Crippen LogP contribution < -0.4 is 4.90 Å². The fourth-order valence-corrected chi connectivity index (χ4v) is 1.70. The first-order chi connectivity index (χ1) is 8.40. The molecule has 5 heteroatoms. The quantitative estimate of drug-likeness (QED) is 0.800. The van der Waals surface area contributed by atoms with E-state index >= 15 is 0 Å². The van der Waals surface area contributed by atoms with E-state index in [1.54, 1.807) is 0 Å². The van der Waals surface area contributed by atoms with Gasteiger partial charge in [0.25, 0.3) is 0 Å². The molecule has 0 aromatic heterocycles. The van der Waals surface area contributed by atoms with Gasteiger partial charge in [-0.3, -0.25) is 9.59 Å². The van der Waals surface area contributed by atoms with Crippen LogP contribution in [0.25, 0.3) is 0 Å². The van der Waals surface area contributed by atoms with E-state index in [1.165, 1.54) is 0 Å². The minimum Gasteiger partial charge on any atom is -0.481 e. The van der Waals surface area contributed by atoms with Gasteiger partial charge in [0.15, 0.2) is 0 Å². The van der Waals surface area contributed by atoms with Crippen LogP contribution >= 0.6 is 0 Å². The molecule has 0 saturated heterocycles. The number of carbonyl (C=O) groups is 2. The Morgan fingerprint density at radius 3 is 2.44 bits per heavy atom. The van der Waals surface area contributed by atoms with Crippen molar-refractivity contribution in [2.75, 3.05) is 19.0 Å². The van der Waals surface area contributed by atoms with Crippen LogP contribution in [0.2, 0.25) is 0 Å². The largest absolute Gasteiger partial charge is 0.481 e. The fraction of sp³-hybridized carbons (Fsp3) is 0.385. The minimum atomic E-state index is -1.09. The third-order valence-electron chi connectivity index (χ3n) is 2.68. The maximum atomic E-state index is 11.0. The standard InChI is InChI=1S/C13H17NO4/c1-14(2)11-5-3-4-9(7-11)6-10(13(17)18)8-12(15)16/h3-5,7,10H,6,8H2,1-2H3,(H,15,16)(H,17,18). The predicted octanol–water partition coefficient (Wildman–Crippen LogP) is 1.47. The fourth-order valence-electron chi connectivity index (χ4n) is 1.70. The van der Waals surface area contributed by atoms with Gasteiger partial charge in [-0.2, -0.15) is 0 Å². The summed E-state index contributed by atoms with van der Waals surface area (Å²) >= 11 is 0. The van der Waals surface area contributed by atoms with E-state index < -0.39 is 17.9 Å². The first-order valence-electron chi connectivity index (χ1n) is 5.61. The molecule has 0 fully saturated rings. The summed E-state index contributed by atoms with van der Waals surface area (Å²) in [4.78, 5) is 23.5. The molecule has 0 bridgehead atoms. The molecule has 2 N–H and O–H groups in total. The van der Waals surface area contributed by atoms with E-state index in [-0.39, 0.29) is 12.8 Å². The third kappa shape index (κ3) is 4.08. The SMILES string of the molecule is CN(C)c1cccc(CC(CC(=O)O)C(=O)O)c1. The lowest BCUT2D eigenvalue weighted by Gasteiger charge is -2.15. The van der Waals surface area contributed by atoms with Gasteiger partial charge in [0.2, 0.25) is 0 Å². The molecule has 1 aromatic rings. The number of hydrogen-bond acceptors (Lipinski definition) is 3. The van der Waals surface area contributed by atoms with Gasteiger partial charge >= 0.3 is 11.9 Å². The highest BCUT2D eigenvalue weighted by Crippen LogP contribution is 2.18. The molecule has 5 nitrogen and oxygen atoms in total. The molecule has 1 aromatic carbocycles. The number of benzene rings is 1. The Kier molecular flexibility index (Phi) is 4.71. The number of rotatable bonds is 6. The van der Waals surface area contributed by atoms with Gasteiger partial charge in [0.05, 0.1) is 12.3 Å². The van der Waals surface area contributed by atoms with E-state index in [0.717, 1.165) is 11.3 Å². The van der Waals surface area contributed by atoms with Crippen molar-refractivity contribution in [2.24, 2.45) is 5.92 Å². The van der Waals surface area contributed by atoms with Crippen LogP contribution in [0.5, 0.6) is 0 Å². The molecule has 0 heterocycles. The molecule has 0 aliphatic heterocycles. The Morgan fingerprint density at radius 2 is 1.94 bits per heavy atom. The van der Waals surface area contributed by atoms with Gasteiger partial charge in [-0.25, -0.2) is 0 Å². The normalized spacial score (nSPS) is 11.9. The van der Waals surface area contributed by atoms with E-state index in [0.29, 0.717) is 0 Å². The lowest BCUT2D eigenvalue weighted by molar-refractivity contribution is -0.148. The van der Waals surface area contributed by atoms with Crippen LogP contribution in [-0.2, 0) is 16.0 Å². The number of hydrogen-bond donors (Lipinski definition) is 2. The van der Waals surface area contributed by atoms with Gasteiger partial charge < -0.3 is 15.1 Å². The van der Waals surface area contributed by atoms with Gasteiger partial charge in [0.1, 0.15) is 0 Å². The molecule has 0 aliphatic carbocycles. The van der Waals surface area contributed by atoms with Crippen molar-refractivity contribution in [1.29, 1.82) is 0 Å². The van der Waals surface area contributed by atoms with Gasteiger partial charge in [-0.1, -0.05) is 12.1 Å². The summed E-state index contributed by atoms with van der Waals surface area (Å²) in [6.45, 7) is 0.